The van der Waals surface area contributed by atoms with E-state index in [-0.39, 0.29) is 0 Å². The van der Waals surface area contributed by atoms with Gasteiger partial charge in [0.1, 0.15) is 44.1 Å². The molecule has 0 aliphatic heterocycles. The number of fused-ring (bicyclic) bond motifs is 4. The smallest absolute Gasteiger partial charge is 0.114 e. The summed E-state index contributed by atoms with van der Waals surface area (Å²) < 4.78 is 40.2. The number of rotatable bonds is 40. The third-order valence-electron chi connectivity index (χ3n) is 26.6. The van der Waals surface area contributed by atoms with Crippen LogP contribution in [0.3, 0.4) is 0 Å². The van der Waals surface area contributed by atoms with Gasteiger partial charge in [0.15, 0.2) is 0 Å². The van der Waals surface area contributed by atoms with Gasteiger partial charge in [-0.2, -0.15) is 35.0 Å². The molecule has 0 aliphatic carbocycles. The monoisotopic (exact) mass is 2050 g/mol. The Morgan fingerprint density at radius 3 is 0.612 bits per heavy atom. The van der Waals surface area contributed by atoms with Crippen molar-refractivity contribution < 1.29 is 0 Å². The van der Waals surface area contributed by atoms with Gasteiger partial charge >= 0.3 is 0 Å². The molecule has 0 radical (unpaired) electrons. The van der Waals surface area contributed by atoms with Crippen LogP contribution in [0.4, 0.5) is 0 Å². The van der Waals surface area contributed by atoms with E-state index < -0.39 is 0 Å². The molecular formula is C110H102N8S16. The van der Waals surface area contributed by atoms with Gasteiger partial charge in [-0.15, -0.1) is 136 Å². The summed E-state index contributed by atoms with van der Waals surface area (Å²) in [6, 6.07) is 77.3. The molecule has 21 aromatic rings. The van der Waals surface area contributed by atoms with Crippen molar-refractivity contribution in [3.05, 3.63) is 226 Å². The first-order chi connectivity index (χ1) is 65.9. The largest absolute Gasteiger partial charge is 0.172 e. The first-order valence-corrected chi connectivity index (χ1v) is 60.1. The molecular weight excluding hydrogens is 1950 g/mol. The molecule has 0 saturated carbocycles. The molecule has 8 nitrogen and oxygen atoms in total. The fraction of sp³-hybridized carbons (Fsp3) is 0.291. The second kappa shape index (κ2) is 41.8. The molecule has 4 atom stereocenters. The normalized spacial score (nSPS) is 13.0. The van der Waals surface area contributed by atoms with Gasteiger partial charge in [-0.1, -0.05) is 207 Å². The number of hydrogen-bond acceptors (Lipinski definition) is 24. The zero-order valence-electron chi connectivity index (χ0n) is 76.2. The lowest BCUT2D eigenvalue weighted by atomic mass is 9.93. The van der Waals surface area contributed by atoms with Gasteiger partial charge in [0.2, 0.25) is 0 Å². The van der Waals surface area contributed by atoms with Crippen LogP contribution in [0, 0.1) is 23.7 Å². The summed E-state index contributed by atoms with van der Waals surface area (Å²) >= 11 is 27.8. The van der Waals surface area contributed by atoms with Crippen molar-refractivity contribution in [3.8, 4) is 164 Å². The predicted molar refractivity (Wildman–Crippen MR) is 600 cm³/mol. The van der Waals surface area contributed by atoms with Gasteiger partial charge in [-0.05, 0) is 212 Å². The molecule has 0 bridgehead atoms. The number of nitrogens with zero attached hydrogens (tertiary/aromatic N) is 8. The Kier molecular flexibility index (Phi) is 28.8. The Hall–Kier alpha value is -8.22. The van der Waals surface area contributed by atoms with E-state index in [4.69, 9.17) is 35.0 Å². The highest BCUT2D eigenvalue weighted by atomic mass is 32.2. The summed E-state index contributed by atoms with van der Waals surface area (Å²) in [5.74, 6) is 2.85. The van der Waals surface area contributed by atoms with Gasteiger partial charge in [-0.3, -0.25) is 0 Å². The molecule has 0 fully saturated rings. The van der Waals surface area contributed by atoms with Crippen molar-refractivity contribution >= 4 is 227 Å². The quantitative estimate of drug-likeness (QED) is 0.0374. The Labute approximate surface area is 850 Å². The molecule has 678 valence electrons. The zero-order chi connectivity index (χ0) is 90.9. The average molecular weight is 2050 g/mol. The molecule has 0 aliphatic rings. The number of thiophene rings is 12. The van der Waals surface area contributed by atoms with E-state index in [1.165, 1.54) is 312 Å². The number of benzene rings is 5. The molecule has 0 saturated heterocycles. The van der Waals surface area contributed by atoms with E-state index >= 15 is 0 Å². The van der Waals surface area contributed by atoms with Crippen LogP contribution in [-0.4, -0.2) is 35.0 Å². The summed E-state index contributed by atoms with van der Waals surface area (Å²) in [5.41, 5.74) is 23.3. The summed E-state index contributed by atoms with van der Waals surface area (Å²) in [4.78, 5) is 28.9. The van der Waals surface area contributed by atoms with E-state index in [0.717, 1.165) is 92.1 Å². The number of aromatic nitrogens is 8. The Balaban J connectivity index is 0.653. The molecule has 16 aromatic heterocycles. The van der Waals surface area contributed by atoms with Gasteiger partial charge in [0, 0.05) is 179 Å². The second-order valence-electron chi connectivity index (χ2n) is 35.3. The minimum absolute atomic E-state index is 0.709. The van der Waals surface area contributed by atoms with Crippen LogP contribution in [0.25, 0.3) is 208 Å². The van der Waals surface area contributed by atoms with E-state index in [2.05, 4.69) is 261 Å². The van der Waals surface area contributed by atoms with E-state index in [9.17, 15) is 0 Å². The lowest BCUT2D eigenvalue weighted by molar-refractivity contribution is 0.449. The van der Waals surface area contributed by atoms with Crippen LogP contribution in [0.1, 0.15) is 178 Å². The van der Waals surface area contributed by atoms with Crippen molar-refractivity contribution in [2.24, 2.45) is 23.7 Å². The van der Waals surface area contributed by atoms with Crippen molar-refractivity contribution in [1.29, 1.82) is 0 Å². The van der Waals surface area contributed by atoms with E-state index in [0.29, 0.717) is 23.7 Å². The highest BCUT2D eigenvalue weighted by Crippen LogP contribution is 2.56. The molecule has 0 spiro atoms. The van der Waals surface area contributed by atoms with E-state index in [1.807, 2.05) is 136 Å². The van der Waals surface area contributed by atoms with Gasteiger partial charge in [0.25, 0.3) is 0 Å². The average Bonchev–Trinajstić information content (AvgIpc) is 1.57. The molecule has 134 heavy (non-hydrogen) atoms. The zero-order valence-corrected chi connectivity index (χ0v) is 89.3. The Morgan fingerprint density at radius 2 is 0.388 bits per heavy atom. The molecule has 24 heteroatoms. The van der Waals surface area contributed by atoms with Crippen LogP contribution in [0.5, 0.6) is 0 Å². The third kappa shape index (κ3) is 19.2. The van der Waals surface area contributed by atoms with Crippen molar-refractivity contribution in [2.45, 2.75) is 184 Å². The Morgan fingerprint density at radius 1 is 0.194 bits per heavy atom. The van der Waals surface area contributed by atoms with E-state index in [1.54, 1.807) is 0 Å². The van der Waals surface area contributed by atoms with Crippen LogP contribution in [-0.2, 0) is 25.7 Å². The van der Waals surface area contributed by atoms with Crippen LogP contribution < -0.4 is 0 Å². The minimum Gasteiger partial charge on any atom is -0.172 e. The summed E-state index contributed by atoms with van der Waals surface area (Å²) in [6.45, 7) is 18.6. The third-order valence-corrected chi connectivity index (χ3v) is 42.9. The van der Waals surface area contributed by atoms with Crippen LogP contribution in [0.15, 0.2) is 206 Å². The summed E-state index contributed by atoms with van der Waals surface area (Å²) in [5, 5.41) is 2.38. The fourth-order valence-electron chi connectivity index (χ4n) is 18.9. The van der Waals surface area contributed by atoms with Crippen molar-refractivity contribution in [1.82, 2.24) is 35.0 Å². The first-order valence-electron chi connectivity index (χ1n) is 47.3. The minimum atomic E-state index is 0.709. The van der Waals surface area contributed by atoms with Crippen LogP contribution >= 0.6 is 183 Å². The summed E-state index contributed by atoms with van der Waals surface area (Å²) in [7, 11) is 0. The standard InChI is InChI=1S/C110H102N8S16/c1-9-17-21-63(13-5)55-67-59-102(119-62-67)78-35-34-77(109-110(78)118-134-117-109)89-42-50-97(126-89)101-54-46-93(130-101)82-61-80(91-44-52-99(128-91)95-48-40-87(124-95)75-32-29-72(104-107(75)115-132-112-104)84-37-26-69(121-84)57-65(15-7)23-19-11-3)79(90-43-51-98(127-90)94-47-39-86(123-94)74-31-28-71(103-106(74)114-131-111-103)83-36-25-68(120-83)56-64(14-6)22-18-10-2)60-81(82)92-45-53-100(129-92)96-49-41-88(125-96)76-33-30-73(105-108(76)116-133-113-105)85-38-27-70(122-85)58-66(16-8)24-20-12-4/h25-54,59-66H,9-24,55-58H2,1-8H3. The maximum atomic E-state index is 5.04. The van der Waals surface area contributed by atoms with Crippen molar-refractivity contribution in [3.63, 3.8) is 0 Å². The Bertz CT molecular complexity index is 6750. The molecule has 21 rings (SSSR count). The molecule has 0 N–H and O–H groups in total. The number of hydrogen-bond donors (Lipinski definition) is 0. The number of unbranched alkanes of at least 4 members (excludes halogenated alkanes) is 4. The predicted octanol–water partition coefficient (Wildman–Crippen LogP) is 40.2. The molecule has 4 unspecified atom stereocenters. The molecule has 16 heterocycles. The van der Waals surface area contributed by atoms with Crippen molar-refractivity contribution in [2.75, 3.05) is 0 Å². The van der Waals surface area contributed by atoms with Gasteiger partial charge in [-0.25, -0.2) is 0 Å². The van der Waals surface area contributed by atoms with Crippen LogP contribution in [0.2, 0.25) is 0 Å². The maximum absolute atomic E-state index is 5.04. The summed E-state index contributed by atoms with van der Waals surface area (Å²) in [6.07, 6.45) is 24.6. The molecule has 0 amide bonds. The topological polar surface area (TPSA) is 103 Å². The van der Waals surface area contributed by atoms with Gasteiger partial charge < -0.3 is 0 Å². The lowest BCUT2D eigenvalue weighted by Gasteiger charge is -2.15. The highest BCUT2D eigenvalue weighted by molar-refractivity contribution is 7.28. The maximum Gasteiger partial charge on any atom is 0.114 e. The fourth-order valence-corrected chi connectivity index (χ4v) is 34.2. The highest BCUT2D eigenvalue weighted by Gasteiger charge is 2.29. The second-order valence-corrected chi connectivity index (χ2v) is 50.5. The SMILES string of the molecule is CCCCC(CC)Cc1csc(-c2ccc(-c3ccc(-c4ccc(-c5cc(-c6ccc(-c7ccc(-c8ccc(-c9ccc(CC(CC)CCCC)s9)c9nsnc89)s7)s6)c(-c6ccc(-c7ccc(-c8ccc(-c9ccc(CC(CC)CCCC)s9)c9nsnc89)s7)s6)cc5-c5ccc(-c6ccc(-c7ccc(-c8ccc(CC(CC)CCCC)s8)c8nsnc78)s6)s5)s4)s3)c3nsnc23)c1. The van der Waals surface area contributed by atoms with Gasteiger partial charge in [0.05, 0.1) is 46.9 Å². The lowest BCUT2D eigenvalue weighted by Crippen LogP contribution is -2.02. The molecule has 5 aromatic carbocycles. The first kappa shape index (κ1) is 92.2.